The summed E-state index contributed by atoms with van der Waals surface area (Å²) in [5.41, 5.74) is 0.499. The summed E-state index contributed by atoms with van der Waals surface area (Å²) in [5.74, 6) is -0.623. The number of hydrogen-bond donors (Lipinski definition) is 0. The maximum atomic E-state index is 13.0. The first kappa shape index (κ1) is 18.1. The van der Waals surface area contributed by atoms with Crippen molar-refractivity contribution in [1.82, 2.24) is 0 Å². The molecule has 1 aliphatic heterocycles. The van der Waals surface area contributed by atoms with Crippen molar-refractivity contribution in [2.45, 2.75) is 16.1 Å². The van der Waals surface area contributed by atoms with Crippen molar-refractivity contribution in [3.63, 3.8) is 0 Å². The van der Waals surface area contributed by atoms with Gasteiger partial charge >= 0.3 is 5.97 Å². The van der Waals surface area contributed by atoms with Gasteiger partial charge in [-0.15, -0.1) is 0 Å². The van der Waals surface area contributed by atoms with Crippen molar-refractivity contribution in [2.24, 2.45) is 23.7 Å². The molecule has 6 nitrogen and oxygen atoms in total. The van der Waals surface area contributed by atoms with Gasteiger partial charge in [0.2, 0.25) is 17.6 Å². The Balaban J connectivity index is 1.36. The van der Waals surface area contributed by atoms with Gasteiger partial charge in [0.15, 0.2) is 0 Å². The molecule has 3 fully saturated rings. The molecule has 0 radical (unpaired) electrons. The van der Waals surface area contributed by atoms with Crippen molar-refractivity contribution in [1.29, 1.82) is 0 Å². The molecule has 144 valence electrons. The minimum atomic E-state index is -0.607. The summed E-state index contributed by atoms with van der Waals surface area (Å²) in [6.45, 7) is 0. The highest BCUT2D eigenvalue weighted by Crippen LogP contribution is 2.60. The largest absolute Gasteiger partial charge is 0.457 e. The van der Waals surface area contributed by atoms with Crippen molar-refractivity contribution < 1.29 is 23.5 Å². The van der Waals surface area contributed by atoms with Crippen LogP contribution >= 0.6 is 31.9 Å². The fraction of sp³-hybridized carbons (Fsp3) is 0.350. The maximum Gasteiger partial charge on any atom is 0.379 e. The Bertz CT molecular complexity index is 925. The number of benzene rings is 1. The fourth-order valence-corrected chi connectivity index (χ4v) is 6.69. The summed E-state index contributed by atoms with van der Waals surface area (Å²) in [4.78, 5) is 39.7. The number of ether oxygens (including phenoxy) is 1. The topological polar surface area (TPSA) is 76.8 Å². The van der Waals surface area contributed by atoms with Crippen LogP contribution in [0.5, 0.6) is 5.75 Å². The first-order chi connectivity index (χ1) is 13.5. The lowest BCUT2D eigenvalue weighted by Crippen LogP contribution is -2.37. The van der Waals surface area contributed by atoms with E-state index in [0.717, 1.165) is 6.42 Å². The molecule has 5 rings (SSSR count). The predicted octanol–water partition coefficient (Wildman–Crippen LogP) is 3.78. The monoisotopic (exact) mass is 507 g/mol. The first-order valence-electron chi connectivity index (χ1n) is 8.99. The van der Waals surface area contributed by atoms with E-state index in [4.69, 9.17) is 9.15 Å². The summed E-state index contributed by atoms with van der Waals surface area (Å²) in [6, 6.07) is 9.50. The average Bonchev–Trinajstić information content (AvgIpc) is 3.44. The third kappa shape index (κ3) is 2.54. The molecular weight excluding hydrogens is 494 g/mol. The number of anilines is 1. The molecule has 0 spiro atoms. The second kappa shape index (κ2) is 6.56. The van der Waals surface area contributed by atoms with E-state index in [1.54, 1.807) is 30.3 Å². The van der Waals surface area contributed by atoms with Gasteiger partial charge in [0.1, 0.15) is 5.75 Å². The van der Waals surface area contributed by atoms with E-state index in [1.165, 1.54) is 17.2 Å². The Labute approximate surface area is 177 Å². The van der Waals surface area contributed by atoms with Gasteiger partial charge in [-0.25, -0.2) is 4.79 Å². The zero-order chi connectivity index (χ0) is 19.6. The molecule has 0 N–H and O–H groups in total. The molecule has 6 unspecified atom stereocenters. The standard InChI is InChI=1S/C20H15Br2NO5/c21-16-11-8-12(17(16)22)15-14(11)18(24)23(19(15)25)9-3-5-10(6-4-9)28-20(26)13-2-1-7-27-13/h1-7,11-12,14-17H,8H2. The SMILES string of the molecule is O=C(Oc1ccc(N2C(=O)C3C4CC(C(Br)C4Br)C3C2=O)cc1)c1ccco1. The number of alkyl halides is 2. The summed E-state index contributed by atoms with van der Waals surface area (Å²) in [5, 5.41) is 0. The van der Waals surface area contributed by atoms with Gasteiger partial charge in [-0.05, 0) is 54.7 Å². The zero-order valence-corrected chi connectivity index (χ0v) is 17.6. The predicted molar refractivity (Wildman–Crippen MR) is 107 cm³/mol. The van der Waals surface area contributed by atoms with Gasteiger partial charge in [-0.3, -0.25) is 14.5 Å². The van der Waals surface area contributed by atoms with E-state index < -0.39 is 5.97 Å². The van der Waals surface area contributed by atoms with E-state index in [9.17, 15) is 14.4 Å². The molecule has 3 aliphatic rings. The lowest BCUT2D eigenvalue weighted by atomic mass is 9.81. The van der Waals surface area contributed by atoms with Crippen molar-refractivity contribution >= 4 is 55.3 Å². The van der Waals surface area contributed by atoms with Gasteiger partial charge in [0.25, 0.3) is 0 Å². The zero-order valence-electron chi connectivity index (χ0n) is 14.5. The summed E-state index contributed by atoms with van der Waals surface area (Å²) in [7, 11) is 0. The number of hydrogen-bond acceptors (Lipinski definition) is 5. The Morgan fingerprint density at radius 1 is 1.00 bits per heavy atom. The number of imide groups is 1. The molecule has 8 heteroatoms. The average molecular weight is 509 g/mol. The number of carbonyl (C=O) groups excluding carboxylic acids is 3. The molecule has 6 atom stereocenters. The Hall–Kier alpha value is -1.93. The van der Waals surface area contributed by atoms with Crippen LogP contribution in [0.2, 0.25) is 0 Å². The van der Waals surface area contributed by atoms with Gasteiger partial charge in [0, 0.05) is 9.65 Å². The third-order valence-corrected chi connectivity index (χ3v) is 9.22. The van der Waals surface area contributed by atoms with Crippen LogP contribution in [0.15, 0.2) is 47.1 Å². The Morgan fingerprint density at radius 2 is 1.61 bits per heavy atom. The number of rotatable bonds is 3. The summed E-state index contributed by atoms with van der Waals surface area (Å²) >= 11 is 7.37. The van der Waals surface area contributed by atoms with E-state index in [-0.39, 0.29) is 50.9 Å². The van der Waals surface area contributed by atoms with Crippen molar-refractivity contribution in [2.75, 3.05) is 4.90 Å². The van der Waals surface area contributed by atoms with Crippen LogP contribution in [0.3, 0.4) is 0 Å². The summed E-state index contributed by atoms with van der Waals surface area (Å²) < 4.78 is 10.2. The number of carbonyl (C=O) groups is 3. The second-order valence-corrected chi connectivity index (χ2v) is 9.49. The van der Waals surface area contributed by atoms with Crippen LogP contribution in [-0.2, 0) is 9.59 Å². The quantitative estimate of drug-likeness (QED) is 0.273. The maximum absolute atomic E-state index is 13.0. The highest BCUT2D eigenvalue weighted by atomic mass is 79.9. The Kier molecular flexibility index (Phi) is 4.24. The first-order valence-corrected chi connectivity index (χ1v) is 10.8. The molecule has 2 bridgehead atoms. The van der Waals surface area contributed by atoms with Gasteiger partial charge in [-0.1, -0.05) is 31.9 Å². The molecule has 2 saturated carbocycles. The van der Waals surface area contributed by atoms with Gasteiger partial charge in [-0.2, -0.15) is 0 Å². The lowest BCUT2D eigenvalue weighted by Gasteiger charge is -2.28. The number of halogens is 2. The van der Waals surface area contributed by atoms with Crippen LogP contribution in [0.1, 0.15) is 17.0 Å². The smallest absolute Gasteiger partial charge is 0.379 e. The molecule has 28 heavy (non-hydrogen) atoms. The third-order valence-electron chi connectivity index (χ3n) is 6.01. The molecule has 2 amide bonds. The number of amides is 2. The number of furan rings is 1. The highest BCUT2D eigenvalue weighted by molar-refractivity contribution is 9.12. The number of esters is 1. The molecule has 2 aromatic rings. The van der Waals surface area contributed by atoms with Crippen molar-refractivity contribution in [3.8, 4) is 5.75 Å². The summed E-state index contributed by atoms with van der Waals surface area (Å²) in [6.07, 6.45) is 2.29. The molecule has 2 aliphatic carbocycles. The van der Waals surface area contributed by atoms with Crippen LogP contribution < -0.4 is 9.64 Å². The minimum absolute atomic E-state index is 0.103. The fourth-order valence-electron chi connectivity index (χ4n) is 4.82. The molecule has 1 saturated heterocycles. The molecule has 1 aromatic carbocycles. The van der Waals surface area contributed by atoms with Crippen LogP contribution in [-0.4, -0.2) is 27.4 Å². The van der Waals surface area contributed by atoms with Gasteiger partial charge in [0.05, 0.1) is 23.8 Å². The van der Waals surface area contributed by atoms with E-state index >= 15 is 0 Å². The normalized spacial score (nSPS) is 33.4. The van der Waals surface area contributed by atoms with E-state index in [0.29, 0.717) is 11.4 Å². The number of nitrogens with zero attached hydrogens (tertiary/aromatic N) is 1. The second-order valence-electron chi connectivity index (χ2n) is 7.38. The Morgan fingerprint density at radius 3 is 2.14 bits per heavy atom. The van der Waals surface area contributed by atoms with Crippen molar-refractivity contribution in [3.05, 3.63) is 48.4 Å². The van der Waals surface area contributed by atoms with Gasteiger partial charge < -0.3 is 9.15 Å². The van der Waals surface area contributed by atoms with E-state index in [1.807, 2.05) is 0 Å². The molecule has 1 aromatic heterocycles. The van der Waals surface area contributed by atoms with Crippen LogP contribution in [0.4, 0.5) is 5.69 Å². The number of fused-ring (bicyclic) bond motifs is 5. The lowest BCUT2D eigenvalue weighted by molar-refractivity contribution is -0.123. The van der Waals surface area contributed by atoms with Crippen LogP contribution in [0.25, 0.3) is 0 Å². The van der Waals surface area contributed by atoms with E-state index in [2.05, 4.69) is 31.9 Å². The molecule has 2 heterocycles. The van der Waals surface area contributed by atoms with Crippen LogP contribution in [0, 0.1) is 23.7 Å². The highest BCUT2D eigenvalue weighted by Gasteiger charge is 2.66. The molecular formula is C20H15Br2NO5. The minimum Gasteiger partial charge on any atom is -0.457 e.